The van der Waals surface area contributed by atoms with Crippen molar-refractivity contribution in [1.82, 2.24) is 5.32 Å². The van der Waals surface area contributed by atoms with Gasteiger partial charge in [0.15, 0.2) is 12.4 Å². The molecule has 1 fully saturated rings. The van der Waals surface area contributed by atoms with Crippen molar-refractivity contribution >= 4 is 11.9 Å². The van der Waals surface area contributed by atoms with Gasteiger partial charge in [-0.1, -0.05) is 315 Å². The molecule has 1 aliphatic heterocycles. The van der Waals surface area contributed by atoms with E-state index >= 15 is 0 Å². The van der Waals surface area contributed by atoms with E-state index in [0.717, 1.165) is 57.8 Å². The highest BCUT2D eigenvalue weighted by molar-refractivity contribution is 5.80. The molecule has 1 heterocycles. The first-order valence-corrected chi connectivity index (χ1v) is 35.1. The number of carbonyl (C=O) groups is 2. The van der Waals surface area contributed by atoms with E-state index in [1.54, 1.807) is 6.08 Å². The maximum Gasteiger partial charge on any atom is 0.306 e. The molecule has 0 aliphatic carbocycles. The molecule has 1 saturated heterocycles. The third kappa shape index (κ3) is 46.1. The first-order chi connectivity index (χ1) is 39.7. The molecule has 8 atom stereocenters. The molecule has 0 aromatic heterocycles. The summed E-state index contributed by atoms with van der Waals surface area (Å²) in [5.41, 5.74) is 0. The quantitative estimate of drug-likeness (QED) is 0.0195. The lowest BCUT2D eigenvalue weighted by atomic mass is 9.99. The number of amides is 1. The summed E-state index contributed by atoms with van der Waals surface area (Å²) < 4.78 is 17.7. The molecule has 11 nitrogen and oxygen atoms in total. The molecule has 478 valence electrons. The van der Waals surface area contributed by atoms with Crippen LogP contribution in [0.3, 0.4) is 0 Å². The van der Waals surface area contributed by atoms with Crippen molar-refractivity contribution in [2.45, 2.75) is 397 Å². The Kier molecular flexibility index (Phi) is 55.7. The molecule has 0 radical (unpaired) electrons. The van der Waals surface area contributed by atoms with Crippen molar-refractivity contribution in [3.63, 3.8) is 0 Å². The van der Waals surface area contributed by atoms with E-state index in [0.29, 0.717) is 19.3 Å². The van der Waals surface area contributed by atoms with Gasteiger partial charge in [-0.3, -0.25) is 9.59 Å². The summed E-state index contributed by atoms with van der Waals surface area (Å²) in [7, 11) is 0. The van der Waals surface area contributed by atoms with Gasteiger partial charge in [-0.05, 0) is 51.4 Å². The summed E-state index contributed by atoms with van der Waals surface area (Å²) in [5.74, 6) is -1.18. The predicted molar refractivity (Wildman–Crippen MR) is 338 cm³/mol. The Bertz CT molecular complexity index is 1410. The van der Waals surface area contributed by atoms with E-state index in [2.05, 4.69) is 38.2 Å². The minimum Gasteiger partial charge on any atom is -0.454 e. The van der Waals surface area contributed by atoms with Crippen LogP contribution in [0, 0.1) is 0 Å². The van der Waals surface area contributed by atoms with Crippen LogP contribution in [0.15, 0.2) is 24.3 Å². The number of ether oxygens (including phenoxy) is 3. The summed E-state index contributed by atoms with van der Waals surface area (Å²) in [6.45, 7) is 5.84. The Balaban J connectivity index is 2.58. The number of hydrogen-bond donors (Lipinski definition) is 6. The average molecular weight is 1150 g/mol. The second kappa shape index (κ2) is 58.5. The molecule has 1 rings (SSSR count). The highest BCUT2D eigenvalue weighted by Gasteiger charge is 2.47. The highest BCUT2D eigenvalue weighted by atomic mass is 16.7. The smallest absolute Gasteiger partial charge is 0.306 e. The van der Waals surface area contributed by atoms with Gasteiger partial charge in [-0.2, -0.15) is 0 Å². The summed E-state index contributed by atoms with van der Waals surface area (Å²) in [5, 5.41) is 57.2. The van der Waals surface area contributed by atoms with Gasteiger partial charge in [0.25, 0.3) is 0 Å². The first kappa shape index (κ1) is 77.2. The maximum absolute atomic E-state index is 13.5. The molecule has 8 unspecified atom stereocenters. The highest BCUT2D eigenvalue weighted by Crippen LogP contribution is 2.26. The zero-order chi connectivity index (χ0) is 58.9. The number of unbranched alkanes of at least 4 members (excludes halogenated alkanes) is 45. The monoisotopic (exact) mass is 1150 g/mol. The third-order valence-corrected chi connectivity index (χ3v) is 16.9. The van der Waals surface area contributed by atoms with Crippen LogP contribution in [0.25, 0.3) is 0 Å². The Morgan fingerprint density at radius 2 is 0.815 bits per heavy atom. The van der Waals surface area contributed by atoms with E-state index in [4.69, 9.17) is 14.2 Å². The van der Waals surface area contributed by atoms with Gasteiger partial charge in [-0.15, -0.1) is 0 Å². The van der Waals surface area contributed by atoms with Crippen molar-refractivity contribution < 1.29 is 49.3 Å². The van der Waals surface area contributed by atoms with Crippen molar-refractivity contribution in [2.75, 3.05) is 13.2 Å². The van der Waals surface area contributed by atoms with Gasteiger partial charge >= 0.3 is 5.97 Å². The summed E-state index contributed by atoms with van der Waals surface area (Å²) in [6, 6.07) is -1.02. The van der Waals surface area contributed by atoms with Crippen molar-refractivity contribution in [1.29, 1.82) is 0 Å². The molecule has 0 bridgehead atoms. The molecular formula is C70H133NO10. The number of nitrogens with one attached hydrogen (secondary N) is 1. The summed E-state index contributed by atoms with van der Waals surface area (Å²) in [4.78, 5) is 26.6. The van der Waals surface area contributed by atoms with Crippen LogP contribution >= 0.6 is 0 Å². The maximum atomic E-state index is 13.5. The predicted octanol–water partition coefficient (Wildman–Crippen LogP) is 17.6. The van der Waals surface area contributed by atoms with Crippen LogP contribution in [-0.4, -0.2) is 99.6 Å². The number of aliphatic hydroxyl groups excluding tert-OH is 5. The second-order valence-electron chi connectivity index (χ2n) is 24.6. The molecule has 1 amide bonds. The van der Waals surface area contributed by atoms with Crippen LogP contribution in [0.4, 0.5) is 0 Å². The van der Waals surface area contributed by atoms with E-state index in [1.165, 1.54) is 244 Å². The summed E-state index contributed by atoms with van der Waals surface area (Å²) >= 11 is 0. The fourth-order valence-corrected chi connectivity index (χ4v) is 11.3. The number of hydrogen-bond acceptors (Lipinski definition) is 10. The lowest BCUT2D eigenvalue weighted by molar-refractivity contribution is -0.305. The van der Waals surface area contributed by atoms with E-state index in [-0.39, 0.29) is 13.0 Å². The molecular weight excluding hydrogens is 1010 g/mol. The molecule has 0 aromatic carbocycles. The molecule has 0 aromatic rings. The molecule has 1 aliphatic rings. The molecule has 11 heteroatoms. The zero-order valence-corrected chi connectivity index (χ0v) is 53.2. The Morgan fingerprint density at radius 1 is 0.469 bits per heavy atom. The van der Waals surface area contributed by atoms with E-state index < -0.39 is 67.4 Å². The molecule has 0 saturated carbocycles. The van der Waals surface area contributed by atoms with Crippen LogP contribution in [0.1, 0.15) is 348 Å². The van der Waals surface area contributed by atoms with Gasteiger partial charge in [0.05, 0.1) is 25.4 Å². The number of carbonyl (C=O) groups excluding carboxylic acids is 2. The minimum absolute atomic E-state index is 0.129. The van der Waals surface area contributed by atoms with Gasteiger partial charge < -0.3 is 45.1 Å². The lowest BCUT2D eigenvalue weighted by Gasteiger charge is -2.41. The van der Waals surface area contributed by atoms with Gasteiger partial charge in [-0.25, -0.2) is 0 Å². The normalized spacial score (nSPS) is 18.7. The molecule has 6 N–H and O–H groups in total. The van der Waals surface area contributed by atoms with E-state index in [1.807, 2.05) is 6.08 Å². The van der Waals surface area contributed by atoms with E-state index in [9.17, 15) is 35.1 Å². The largest absolute Gasteiger partial charge is 0.454 e. The number of esters is 1. The van der Waals surface area contributed by atoms with Crippen LogP contribution in [-0.2, 0) is 23.8 Å². The second-order valence-corrected chi connectivity index (χ2v) is 24.6. The standard InChI is InChI=1S/C70H133NO10/c1-4-7-10-13-16-19-22-25-27-29-30-31-32-33-34-35-37-40-43-46-49-52-55-58-65(75)81-68-67(77)66(76)64(59-72)80-70(68)79-60-61(62(73)56-53-50-47-44-41-38-24-21-18-15-12-9-6-3)71-69(78)63(74)57-54-51-48-45-42-39-36-28-26-23-20-17-14-11-8-5-2/h25,27,53,56,61-64,66-68,70,72-74,76-77H,4-24,26,28-52,54-55,57-60H2,1-3H3,(H,71,78)/b27-25+,56-53+. The Morgan fingerprint density at radius 3 is 1.20 bits per heavy atom. The number of allylic oxidation sites excluding steroid dienone is 3. The number of rotatable bonds is 61. The van der Waals surface area contributed by atoms with Crippen LogP contribution in [0.2, 0.25) is 0 Å². The van der Waals surface area contributed by atoms with Crippen molar-refractivity contribution in [3.05, 3.63) is 24.3 Å². The van der Waals surface area contributed by atoms with Crippen molar-refractivity contribution in [2.24, 2.45) is 0 Å². The van der Waals surface area contributed by atoms with Gasteiger partial charge in [0, 0.05) is 6.42 Å². The topological polar surface area (TPSA) is 175 Å². The zero-order valence-electron chi connectivity index (χ0n) is 53.2. The first-order valence-electron chi connectivity index (χ1n) is 35.1. The number of aliphatic hydroxyl groups is 5. The average Bonchev–Trinajstić information content (AvgIpc) is 3.53. The third-order valence-electron chi connectivity index (χ3n) is 16.9. The minimum atomic E-state index is -1.61. The SMILES string of the molecule is CCCCCCCC/C=C/CCCCCCCCCCCCCCCC(=O)OC1C(OCC(NC(=O)C(O)CCCCCCCCCCCCCCCCCC)C(O)/C=C/CCCCCCCCCCCCC)OC(CO)C(O)C1O. The fraction of sp³-hybridized carbons (Fsp3) is 0.914. The van der Waals surface area contributed by atoms with Crippen molar-refractivity contribution in [3.8, 4) is 0 Å². The summed E-state index contributed by atoms with van der Waals surface area (Å²) in [6.07, 6.45) is 59.3. The molecule has 0 spiro atoms. The lowest BCUT2D eigenvalue weighted by Crippen LogP contribution is -2.61. The van der Waals surface area contributed by atoms with Crippen LogP contribution < -0.4 is 5.32 Å². The van der Waals surface area contributed by atoms with Gasteiger partial charge in [0.2, 0.25) is 5.91 Å². The molecule has 81 heavy (non-hydrogen) atoms. The van der Waals surface area contributed by atoms with Gasteiger partial charge in [0.1, 0.15) is 24.4 Å². The van der Waals surface area contributed by atoms with Crippen LogP contribution in [0.5, 0.6) is 0 Å². The Hall–Kier alpha value is -1.86. The fourth-order valence-electron chi connectivity index (χ4n) is 11.3. The Labute approximate surface area is 499 Å².